The Morgan fingerprint density at radius 3 is 1.74 bits per heavy atom. The normalized spacial score (nSPS) is 29.9. The third-order valence-corrected chi connectivity index (χ3v) is 10.5. The van der Waals surface area contributed by atoms with Crippen molar-refractivity contribution in [3.8, 4) is 5.75 Å². The second-order valence-electron chi connectivity index (χ2n) is 13.0. The van der Waals surface area contributed by atoms with E-state index in [1.807, 2.05) is 0 Å². The van der Waals surface area contributed by atoms with Crippen molar-refractivity contribution in [3.63, 3.8) is 0 Å². The van der Waals surface area contributed by atoms with E-state index >= 15 is 0 Å². The highest BCUT2D eigenvalue weighted by Crippen LogP contribution is 2.44. The maximum atomic E-state index is 14.6. The minimum atomic E-state index is -3.05. The summed E-state index contributed by atoms with van der Waals surface area (Å²) in [6, 6.07) is 2.62. The number of ether oxygens (including phenoxy) is 1. The number of alkyl halides is 2. The average molecular weight is 549 g/mol. The Morgan fingerprint density at radius 1 is 0.769 bits per heavy atom. The zero-order chi connectivity index (χ0) is 27.8. The summed E-state index contributed by atoms with van der Waals surface area (Å²) in [5.41, 5.74) is -0.990. The van der Waals surface area contributed by atoms with Crippen LogP contribution in [-0.2, 0) is 0 Å². The van der Waals surface area contributed by atoms with Gasteiger partial charge in [-0.05, 0) is 93.1 Å². The number of hydrogen-bond acceptors (Lipinski definition) is 2. The largest absolute Gasteiger partial charge is 0.491 e. The molecular formula is C34H51F3O2. The molecule has 1 aromatic rings. The van der Waals surface area contributed by atoms with Gasteiger partial charge in [-0.2, -0.15) is 0 Å². The molecule has 4 rings (SSSR count). The monoisotopic (exact) mass is 548 g/mol. The SMILES string of the molecule is CCCC1CCC(C2CCC(CCC3CCC(CC(=O)c4ccc(OCC)c(F)c4C(F)F)CC3)CC2)CC1. The van der Waals surface area contributed by atoms with Gasteiger partial charge in [-0.1, -0.05) is 71.1 Å². The molecule has 0 atom stereocenters. The first-order valence-corrected chi connectivity index (χ1v) is 16.2. The molecule has 1 aromatic carbocycles. The van der Waals surface area contributed by atoms with E-state index in [0.29, 0.717) is 0 Å². The van der Waals surface area contributed by atoms with Crippen molar-refractivity contribution >= 4 is 5.78 Å². The lowest BCUT2D eigenvalue weighted by atomic mass is 9.68. The van der Waals surface area contributed by atoms with Crippen molar-refractivity contribution in [3.05, 3.63) is 29.1 Å². The van der Waals surface area contributed by atoms with Crippen molar-refractivity contribution < 1.29 is 22.7 Å². The smallest absolute Gasteiger partial charge is 0.267 e. The van der Waals surface area contributed by atoms with E-state index in [1.165, 1.54) is 89.2 Å². The van der Waals surface area contributed by atoms with Crippen molar-refractivity contribution in [1.82, 2.24) is 0 Å². The van der Waals surface area contributed by atoms with Crippen LogP contribution in [0.5, 0.6) is 5.75 Å². The molecule has 0 aliphatic heterocycles. The summed E-state index contributed by atoms with van der Waals surface area (Å²) in [6.45, 7) is 4.17. The van der Waals surface area contributed by atoms with Crippen LogP contribution in [0.15, 0.2) is 12.1 Å². The lowest BCUT2D eigenvalue weighted by Crippen LogP contribution is -2.26. The van der Waals surface area contributed by atoms with Gasteiger partial charge in [0, 0.05) is 12.0 Å². The number of carbonyl (C=O) groups excluding carboxylic acids is 1. The van der Waals surface area contributed by atoms with Gasteiger partial charge in [-0.15, -0.1) is 0 Å². The van der Waals surface area contributed by atoms with Gasteiger partial charge in [0.15, 0.2) is 17.3 Å². The Labute approximate surface area is 234 Å². The Balaban J connectivity index is 1.16. The molecule has 3 saturated carbocycles. The van der Waals surface area contributed by atoms with Gasteiger partial charge < -0.3 is 4.74 Å². The fourth-order valence-electron chi connectivity index (χ4n) is 8.17. The van der Waals surface area contributed by atoms with E-state index in [2.05, 4.69) is 6.92 Å². The number of halogens is 3. The standard InChI is InChI=1S/C34H51F3O2/c1-3-5-23-12-16-27(17-13-23)28-18-14-25(15-19-28)7-6-24-8-10-26(11-9-24)22-30(38)29-20-21-31(39-4-2)33(35)32(29)34(36)37/h20-21,23-28,34H,3-19,22H2,1-2H3. The first-order chi connectivity index (χ1) is 18.9. The van der Waals surface area contributed by atoms with Crippen molar-refractivity contribution in [2.45, 2.75) is 129 Å². The first-order valence-electron chi connectivity index (χ1n) is 16.2. The van der Waals surface area contributed by atoms with Crippen molar-refractivity contribution in [1.29, 1.82) is 0 Å². The summed E-state index contributed by atoms with van der Waals surface area (Å²) in [7, 11) is 0. The molecule has 0 N–H and O–H groups in total. The molecule has 0 amide bonds. The maximum Gasteiger partial charge on any atom is 0.267 e. The number of Topliss-reactive ketones (excluding diaryl/α,β-unsaturated/α-hetero) is 1. The van der Waals surface area contributed by atoms with E-state index < -0.39 is 17.8 Å². The lowest BCUT2D eigenvalue weighted by Gasteiger charge is -2.38. The topological polar surface area (TPSA) is 26.3 Å². The summed E-state index contributed by atoms with van der Waals surface area (Å²) >= 11 is 0. The highest BCUT2D eigenvalue weighted by atomic mass is 19.3. The molecule has 5 heteroatoms. The number of ketones is 1. The molecule has 0 saturated heterocycles. The second-order valence-corrected chi connectivity index (χ2v) is 13.0. The molecule has 0 bridgehead atoms. The highest BCUT2D eigenvalue weighted by Gasteiger charge is 2.32. The predicted molar refractivity (Wildman–Crippen MR) is 152 cm³/mol. The third-order valence-electron chi connectivity index (χ3n) is 10.5. The van der Waals surface area contributed by atoms with Gasteiger partial charge in [-0.3, -0.25) is 4.79 Å². The fraction of sp³-hybridized carbons (Fsp3) is 0.794. The fourth-order valence-corrected chi connectivity index (χ4v) is 8.17. The van der Waals surface area contributed by atoms with Crippen LogP contribution in [0, 0.1) is 41.3 Å². The van der Waals surface area contributed by atoms with Crippen LogP contribution in [0.2, 0.25) is 0 Å². The molecule has 0 spiro atoms. The average Bonchev–Trinajstić information content (AvgIpc) is 2.94. The summed E-state index contributed by atoms with van der Waals surface area (Å²) in [4.78, 5) is 12.9. The molecule has 3 aliphatic rings. The van der Waals surface area contributed by atoms with Crippen LogP contribution < -0.4 is 4.74 Å². The van der Waals surface area contributed by atoms with Crippen LogP contribution in [0.4, 0.5) is 13.2 Å². The number of hydrogen-bond donors (Lipinski definition) is 0. The highest BCUT2D eigenvalue weighted by molar-refractivity contribution is 5.98. The van der Waals surface area contributed by atoms with Gasteiger partial charge in [0.05, 0.1) is 12.2 Å². The Morgan fingerprint density at radius 2 is 1.26 bits per heavy atom. The Kier molecular flexibility index (Phi) is 11.6. The van der Waals surface area contributed by atoms with Gasteiger partial charge >= 0.3 is 0 Å². The van der Waals surface area contributed by atoms with Gasteiger partial charge in [-0.25, -0.2) is 13.2 Å². The number of carbonyl (C=O) groups is 1. The molecule has 3 fully saturated rings. The predicted octanol–water partition coefficient (Wildman–Crippen LogP) is 10.7. The number of benzene rings is 1. The van der Waals surface area contributed by atoms with Crippen molar-refractivity contribution in [2.24, 2.45) is 35.5 Å². The quantitative estimate of drug-likeness (QED) is 0.243. The molecule has 220 valence electrons. The maximum absolute atomic E-state index is 14.6. The molecular weight excluding hydrogens is 497 g/mol. The Bertz CT molecular complexity index is 892. The van der Waals surface area contributed by atoms with E-state index in [4.69, 9.17) is 4.74 Å². The van der Waals surface area contributed by atoms with Crippen LogP contribution in [0.1, 0.15) is 145 Å². The van der Waals surface area contributed by atoms with E-state index in [9.17, 15) is 18.0 Å². The third kappa shape index (κ3) is 8.26. The van der Waals surface area contributed by atoms with Crippen LogP contribution in [-0.4, -0.2) is 12.4 Å². The van der Waals surface area contributed by atoms with Crippen molar-refractivity contribution in [2.75, 3.05) is 6.61 Å². The van der Waals surface area contributed by atoms with Gasteiger partial charge in [0.2, 0.25) is 0 Å². The van der Waals surface area contributed by atoms with E-state index in [1.54, 1.807) is 6.92 Å². The molecule has 0 aromatic heterocycles. The first kappa shape index (κ1) is 30.4. The van der Waals surface area contributed by atoms with E-state index in [-0.39, 0.29) is 36.0 Å². The van der Waals surface area contributed by atoms with Crippen LogP contribution in [0.25, 0.3) is 0 Å². The number of rotatable bonds is 12. The van der Waals surface area contributed by atoms with Gasteiger partial charge in [0.25, 0.3) is 6.43 Å². The summed E-state index contributed by atoms with van der Waals surface area (Å²) < 4.78 is 47.0. The molecule has 3 aliphatic carbocycles. The van der Waals surface area contributed by atoms with E-state index in [0.717, 1.165) is 55.3 Å². The van der Waals surface area contributed by atoms with Gasteiger partial charge in [0.1, 0.15) is 0 Å². The molecule has 0 unspecified atom stereocenters. The Hall–Kier alpha value is -1.52. The van der Waals surface area contributed by atoms with Crippen LogP contribution >= 0.6 is 0 Å². The zero-order valence-corrected chi connectivity index (χ0v) is 24.4. The summed E-state index contributed by atoms with van der Waals surface area (Å²) in [5.74, 6) is 3.10. The minimum absolute atomic E-state index is 0.178. The summed E-state index contributed by atoms with van der Waals surface area (Å²) in [5, 5.41) is 0. The molecule has 2 nitrogen and oxygen atoms in total. The minimum Gasteiger partial charge on any atom is -0.491 e. The zero-order valence-electron chi connectivity index (χ0n) is 24.4. The van der Waals surface area contributed by atoms with Crippen LogP contribution in [0.3, 0.4) is 0 Å². The lowest BCUT2D eigenvalue weighted by molar-refractivity contribution is 0.0923. The second kappa shape index (κ2) is 14.9. The molecule has 39 heavy (non-hydrogen) atoms. The summed E-state index contributed by atoms with van der Waals surface area (Å²) in [6.07, 6.45) is 18.3. The molecule has 0 heterocycles. The molecule has 0 radical (unpaired) electrons.